The Morgan fingerprint density at radius 1 is 0.900 bits per heavy atom. The third kappa shape index (κ3) is 4.67. The molecule has 6 nitrogen and oxygen atoms in total. The van der Waals surface area contributed by atoms with Crippen molar-refractivity contribution in [1.29, 1.82) is 0 Å². The van der Waals surface area contributed by atoms with Gasteiger partial charge in [0.15, 0.2) is 5.82 Å². The highest BCUT2D eigenvalue weighted by atomic mass is 35.5. The third-order valence-electron chi connectivity index (χ3n) is 4.50. The van der Waals surface area contributed by atoms with Crippen molar-refractivity contribution in [3.8, 4) is 11.4 Å². The fraction of sp³-hybridized carbons (Fsp3) is 0.0870. The number of amides is 2. The Kier molecular flexibility index (Phi) is 6.06. The highest BCUT2D eigenvalue weighted by Crippen LogP contribution is 2.25. The summed E-state index contributed by atoms with van der Waals surface area (Å²) in [6.07, 6.45) is 0.531. The molecule has 150 valence electrons. The number of carbonyl (C=O) groups is 1. The van der Waals surface area contributed by atoms with Crippen molar-refractivity contribution in [3.05, 3.63) is 95.8 Å². The number of carbonyl (C=O) groups excluding carboxylic acids is 1. The molecule has 7 heteroatoms. The number of urea groups is 1. The topological polar surface area (TPSA) is 73.9 Å². The summed E-state index contributed by atoms with van der Waals surface area (Å²) in [6.45, 7) is 0.421. The molecule has 4 rings (SSSR count). The number of nitrogens with one attached hydrogen (secondary N) is 2. The molecule has 2 amide bonds. The number of benzene rings is 3. The van der Waals surface area contributed by atoms with Crippen LogP contribution in [0.25, 0.3) is 11.4 Å². The second-order valence-corrected chi connectivity index (χ2v) is 7.04. The Labute approximate surface area is 179 Å². The van der Waals surface area contributed by atoms with E-state index in [1.54, 1.807) is 17.0 Å². The number of aromatic nitrogens is 3. The van der Waals surface area contributed by atoms with Crippen LogP contribution >= 0.6 is 11.6 Å². The van der Waals surface area contributed by atoms with E-state index < -0.39 is 0 Å². The average Bonchev–Trinajstić information content (AvgIpc) is 3.25. The summed E-state index contributed by atoms with van der Waals surface area (Å²) in [7, 11) is 0. The van der Waals surface area contributed by atoms with Crippen LogP contribution in [0.5, 0.6) is 0 Å². The van der Waals surface area contributed by atoms with Gasteiger partial charge in [0.1, 0.15) is 5.82 Å². The summed E-state index contributed by atoms with van der Waals surface area (Å²) in [4.78, 5) is 19.1. The van der Waals surface area contributed by atoms with Gasteiger partial charge in [0.2, 0.25) is 0 Å². The summed E-state index contributed by atoms with van der Waals surface area (Å²) in [5, 5.41) is 10.8. The minimum absolute atomic E-state index is 0.204. The van der Waals surface area contributed by atoms with Crippen molar-refractivity contribution in [2.24, 2.45) is 0 Å². The first-order valence-corrected chi connectivity index (χ1v) is 9.94. The van der Waals surface area contributed by atoms with Gasteiger partial charge in [-0.15, -0.1) is 0 Å². The van der Waals surface area contributed by atoms with Gasteiger partial charge in [-0.1, -0.05) is 48.0 Å². The maximum Gasteiger partial charge on any atom is 0.326 e. The molecule has 0 aliphatic heterocycles. The van der Waals surface area contributed by atoms with Crippen LogP contribution in [0.1, 0.15) is 5.82 Å². The van der Waals surface area contributed by atoms with Gasteiger partial charge >= 0.3 is 6.03 Å². The van der Waals surface area contributed by atoms with Crippen LogP contribution in [-0.2, 0) is 6.42 Å². The largest absolute Gasteiger partial charge is 0.337 e. The van der Waals surface area contributed by atoms with E-state index in [4.69, 9.17) is 11.6 Å². The molecule has 0 aliphatic rings. The Morgan fingerprint density at radius 2 is 1.50 bits per heavy atom. The van der Waals surface area contributed by atoms with E-state index in [1.807, 2.05) is 72.8 Å². The lowest BCUT2D eigenvalue weighted by atomic mass is 10.2. The van der Waals surface area contributed by atoms with Gasteiger partial charge in [-0.3, -0.25) is 10.00 Å². The molecule has 1 heterocycles. The molecule has 0 spiro atoms. The van der Waals surface area contributed by atoms with E-state index in [0.29, 0.717) is 29.6 Å². The van der Waals surface area contributed by atoms with Crippen molar-refractivity contribution >= 4 is 29.0 Å². The van der Waals surface area contributed by atoms with Crippen LogP contribution < -0.4 is 10.2 Å². The van der Waals surface area contributed by atoms with Crippen LogP contribution in [0.4, 0.5) is 16.2 Å². The molecular weight excluding hydrogens is 398 g/mol. The number of para-hydroxylation sites is 2. The monoisotopic (exact) mass is 417 g/mol. The van der Waals surface area contributed by atoms with E-state index in [1.165, 1.54) is 0 Å². The molecule has 0 aliphatic carbocycles. The summed E-state index contributed by atoms with van der Waals surface area (Å²) in [5.41, 5.74) is 2.47. The molecule has 2 N–H and O–H groups in total. The van der Waals surface area contributed by atoms with Crippen molar-refractivity contribution in [2.45, 2.75) is 6.42 Å². The Morgan fingerprint density at radius 3 is 2.10 bits per heavy atom. The number of rotatable bonds is 6. The van der Waals surface area contributed by atoms with Gasteiger partial charge in [-0.25, -0.2) is 9.78 Å². The zero-order valence-corrected chi connectivity index (χ0v) is 16.9. The zero-order valence-electron chi connectivity index (χ0n) is 16.1. The Bertz CT molecular complexity index is 1060. The number of anilines is 2. The molecule has 1 aromatic heterocycles. The third-order valence-corrected chi connectivity index (χ3v) is 4.76. The SMILES string of the molecule is O=C(NCCc1nc(-c2ccc(Cl)cc2)n[nH]1)N(c1ccccc1)c1ccccc1. The summed E-state index contributed by atoms with van der Waals surface area (Å²) < 4.78 is 0. The number of H-pyrrole nitrogens is 1. The van der Waals surface area contributed by atoms with Crippen molar-refractivity contribution in [1.82, 2.24) is 20.5 Å². The Balaban J connectivity index is 1.41. The van der Waals surface area contributed by atoms with E-state index in [2.05, 4.69) is 20.5 Å². The maximum absolute atomic E-state index is 12.9. The Hall–Kier alpha value is -3.64. The van der Waals surface area contributed by atoms with Crippen molar-refractivity contribution in [2.75, 3.05) is 11.4 Å². The van der Waals surface area contributed by atoms with E-state index in [0.717, 1.165) is 16.9 Å². The number of halogens is 1. The normalized spacial score (nSPS) is 10.6. The first-order chi connectivity index (χ1) is 14.7. The first kappa shape index (κ1) is 19.7. The van der Waals surface area contributed by atoms with Crippen LogP contribution in [0.15, 0.2) is 84.9 Å². The van der Waals surface area contributed by atoms with E-state index >= 15 is 0 Å². The summed E-state index contributed by atoms with van der Waals surface area (Å²) in [5.74, 6) is 1.30. The highest BCUT2D eigenvalue weighted by molar-refractivity contribution is 6.30. The molecule has 0 bridgehead atoms. The molecule has 4 aromatic rings. The molecule has 0 radical (unpaired) electrons. The minimum Gasteiger partial charge on any atom is -0.337 e. The molecule has 0 unspecified atom stereocenters. The molecule has 0 saturated heterocycles. The van der Waals surface area contributed by atoms with Crippen LogP contribution in [-0.4, -0.2) is 27.8 Å². The smallest absolute Gasteiger partial charge is 0.326 e. The molecule has 0 saturated carbocycles. The first-order valence-electron chi connectivity index (χ1n) is 9.56. The molecule has 30 heavy (non-hydrogen) atoms. The lowest BCUT2D eigenvalue weighted by molar-refractivity contribution is 0.248. The van der Waals surface area contributed by atoms with Crippen LogP contribution in [0.3, 0.4) is 0 Å². The summed E-state index contributed by atoms with van der Waals surface area (Å²) >= 11 is 5.92. The van der Waals surface area contributed by atoms with E-state index in [-0.39, 0.29) is 6.03 Å². The number of hydrogen-bond acceptors (Lipinski definition) is 3. The quantitative estimate of drug-likeness (QED) is 0.452. The van der Waals surface area contributed by atoms with E-state index in [9.17, 15) is 4.79 Å². The van der Waals surface area contributed by atoms with Gasteiger partial charge < -0.3 is 5.32 Å². The van der Waals surface area contributed by atoms with Crippen molar-refractivity contribution in [3.63, 3.8) is 0 Å². The fourth-order valence-corrected chi connectivity index (χ4v) is 3.17. The highest BCUT2D eigenvalue weighted by Gasteiger charge is 2.17. The van der Waals surface area contributed by atoms with Crippen molar-refractivity contribution < 1.29 is 4.79 Å². The maximum atomic E-state index is 12.9. The van der Waals surface area contributed by atoms with Gasteiger partial charge in [-0.05, 0) is 48.5 Å². The molecule has 0 fully saturated rings. The predicted molar refractivity (Wildman–Crippen MR) is 119 cm³/mol. The van der Waals surface area contributed by atoms with Gasteiger partial charge in [0.25, 0.3) is 0 Å². The fourth-order valence-electron chi connectivity index (χ4n) is 3.04. The number of hydrogen-bond donors (Lipinski definition) is 2. The minimum atomic E-state index is -0.204. The standard InChI is InChI=1S/C23H20ClN5O/c24-18-13-11-17(12-14-18)22-26-21(27-28-22)15-16-25-23(30)29(19-7-3-1-4-8-19)20-9-5-2-6-10-20/h1-14H,15-16H2,(H,25,30)(H,26,27,28). The zero-order chi connectivity index (χ0) is 20.8. The van der Waals surface area contributed by atoms with Gasteiger partial charge in [0, 0.05) is 23.6 Å². The lowest BCUT2D eigenvalue weighted by Gasteiger charge is -2.23. The second-order valence-electron chi connectivity index (χ2n) is 6.60. The molecular formula is C23H20ClN5O. The second kappa shape index (κ2) is 9.24. The summed E-state index contributed by atoms with van der Waals surface area (Å²) in [6, 6.07) is 26.2. The number of nitrogens with zero attached hydrogens (tertiary/aromatic N) is 3. The number of aromatic amines is 1. The van der Waals surface area contributed by atoms with Crippen LogP contribution in [0.2, 0.25) is 5.02 Å². The van der Waals surface area contributed by atoms with Gasteiger partial charge in [-0.2, -0.15) is 5.10 Å². The molecule has 3 aromatic carbocycles. The predicted octanol–water partition coefficient (Wildman–Crippen LogP) is 5.22. The molecule has 0 atom stereocenters. The average molecular weight is 418 g/mol. The van der Waals surface area contributed by atoms with Gasteiger partial charge in [0.05, 0.1) is 11.4 Å². The lowest BCUT2D eigenvalue weighted by Crippen LogP contribution is -2.38. The van der Waals surface area contributed by atoms with Crippen LogP contribution in [0, 0.1) is 0 Å².